The lowest BCUT2D eigenvalue weighted by Crippen LogP contribution is -2.01. The molecule has 0 amide bonds. The Balaban J connectivity index is 2.50. The fourth-order valence-electron chi connectivity index (χ4n) is 1.71. The van der Waals surface area contributed by atoms with E-state index < -0.39 is 0 Å². The van der Waals surface area contributed by atoms with Crippen molar-refractivity contribution >= 4 is 49.0 Å². The quantitative estimate of drug-likeness (QED) is 0.687. The van der Waals surface area contributed by atoms with E-state index in [0.717, 1.165) is 19.6 Å². The maximum Gasteiger partial charge on any atom is 0.206 e. The summed E-state index contributed by atoms with van der Waals surface area (Å²) in [5.41, 5.74) is 1.61. The highest BCUT2D eigenvalue weighted by molar-refractivity contribution is 9.13. The van der Waals surface area contributed by atoms with Crippen LogP contribution in [0.15, 0.2) is 18.7 Å². The summed E-state index contributed by atoms with van der Waals surface area (Å²) in [6, 6.07) is 1.83. The van der Waals surface area contributed by atoms with E-state index >= 15 is 0 Å². The topological polar surface area (TPSA) is 30.2 Å². The minimum absolute atomic E-state index is 0.0215. The molecule has 17 heavy (non-hydrogen) atoms. The molecule has 2 aromatic heterocycles. The molecule has 0 aliphatic carbocycles. The number of ketones is 1. The molecular weight excluding hydrogens is 368 g/mol. The lowest BCUT2D eigenvalue weighted by atomic mass is 10.1. The van der Waals surface area contributed by atoms with Crippen molar-refractivity contribution in [3.8, 4) is 0 Å². The minimum Gasteiger partial charge on any atom is -0.466 e. The molecule has 0 radical (unpaired) electrons. The Kier molecular flexibility index (Phi) is 3.61. The van der Waals surface area contributed by atoms with Gasteiger partial charge < -0.3 is 4.42 Å². The molecule has 0 aliphatic rings. The van der Waals surface area contributed by atoms with Crippen molar-refractivity contribution in [2.45, 2.75) is 20.8 Å². The Hall–Kier alpha value is -0.390. The molecule has 0 fully saturated rings. The SMILES string of the molecule is Cc1oc(C)c(C(=O)c2cc(Br)c(Br)s2)c1C. The molecule has 0 saturated carbocycles. The van der Waals surface area contributed by atoms with E-state index in [1.807, 2.05) is 26.8 Å². The van der Waals surface area contributed by atoms with Crippen LogP contribution in [0.3, 0.4) is 0 Å². The van der Waals surface area contributed by atoms with E-state index in [1.165, 1.54) is 11.3 Å². The number of hydrogen-bond donors (Lipinski definition) is 0. The first kappa shape index (κ1) is 13.1. The molecule has 0 bridgehead atoms. The van der Waals surface area contributed by atoms with Crippen LogP contribution in [0.25, 0.3) is 0 Å². The summed E-state index contributed by atoms with van der Waals surface area (Å²) in [4.78, 5) is 13.1. The van der Waals surface area contributed by atoms with Crippen LogP contribution in [-0.2, 0) is 0 Å². The first-order chi connectivity index (χ1) is 7.91. The zero-order valence-corrected chi connectivity index (χ0v) is 13.5. The van der Waals surface area contributed by atoms with Gasteiger partial charge in [-0.1, -0.05) is 0 Å². The highest BCUT2D eigenvalue weighted by Crippen LogP contribution is 2.35. The van der Waals surface area contributed by atoms with Gasteiger partial charge in [0.15, 0.2) is 0 Å². The molecule has 5 heteroatoms. The lowest BCUT2D eigenvalue weighted by Gasteiger charge is -1.97. The first-order valence-corrected chi connectivity index (χ1v) is 7.38. The van der Waals surface area contributed by atoms with Gasteiger partial charge in [-0.25, -0.2) is 0 Å². The number of furan rings is 1. The average molecular weight is 378 g/mol. The van der Waals surface area contributed by atoms with E-state index in [2.05, 4.69) is 31.9 Å². The molecule has 2 aromatic rings. The molecule has 0 unspecified atom stereocenters. The predicted octanol–water partition coefficient (Wildman–Crippen LogP) is 5.02. The Bertz CT molecular complexity index is 576. The molecule has 0 spiro atoms. The van der Waals surface area contributed by atoms with E-state index in [9.17, 15) is 4.79 Å². The van der Waals surface area contributed by atoms with Gasteiger partial charge in [0.25, 0.3) is 0 Å². The first-order valence-electron chi connectivity index (χ1n) is 4.98. The maximum absolute atomic E-state index is 12.4. The van der Waals surface area contributed by atoms with E-state index in [4.69, 9.17) is 4.42 Å². The standard InChI is InChI=1S/C12H10Br2O2S/c1-5-6(2)16-7(3)10(5)11(15)9-4-8(13)12(14)17-9/h4H,1-3H3. The van der Waals surface area contributed by atoms with Crippen LogP contribution in [0.4, 0.5) is 0 Å². The van der Waals surface area contributed by atoms with Crippen LogP contribution in [0, 0.1) is 20.8 Å². The van der Waals surface area contributed by atoms with Crippen LogP contribution in [-0.4, -0.2) is 5.78 Å². The normalized spacial score (nSPS) is 10.9. The van der Waals surface area contributed by atoms with Crippen molar-refractivity contribution < 1.29 is 9.21 Å². The number of halogens is 2. The van der Waals surface area contributed by atoms with Gasteiger partial charge in [-0.2, -0.15) is 0 Å². The van der Waals surface area contributed by atoms with Crippen molar-refractivity contribution in [3.05, 3.63) is 41.9 Å². The Labute approximate surface area is 120 Å². The average Bonchev–Trinajstić information content (AvgIpc) is 2.70. The molecule has 0 atom stereocenters. The number of carbonyl (C=O) groups is 1. The monoisotopic (exact) mass is 376 g/mol. The number of carbonyl (C=O) groups excluding carboxylic acids is 1. The summed E-state index contributed by atoms with van der Waals surface area (Å²) in [5.74, 6) is 1.51. The highest BCUT2D eigenvalue weighted by Gasteiger charge is 2.22. The zero-order chi connectivity index (χ0) is 12.7. The largest absolute Gasteiger partial charge is 0.466 e. The number of rotatable bonds is 2. The third kappa shape index (κ3) is 2.28. The van der Waals surface area contributed by atoms with Crippen LogP contribution in [0.2, 0.25) is 0 Å². The minimum atomic E-state index is 0.0215. The number of aryl methyl sites for hydroxylation is 2. The molecule has 2 rings (SSSR count). The Morgan fingerprint density at radius 2 is 1.88 bits per heavy atom. The summed E-state index contributed by atoms with van der Waals surface area (Å²) in [6.45, 7) is 5.61. The summed E-state index contributed by atoms with van der Waals surface area (Å²) >= 11 is 8.20. The lowest BCUT2D eigenvalue weighted by molar-refractivity contribution is 0.104. The van der Waals surface area contributed by atoms with Crippen molar-refractivity contribution in [1.29, 1.82) is 0 Å². The van der Waals surface area contributed by atoms with Gasteiger partial charge in [0.2, 0.25) is 5.78 Å². The highest BCUT2D eigenvalue weighted by atomic mass is 79.9. The summed E-state index contributed by atoms with van der Waals surface area (Å²) < 4.78 is 7.32. The smallest absolute Gasteiger partial charge is 0.206 e. The summed E-state index contributed by atoms with van der Waals surface area (Å²) in [5, 5.41) is 0. The van der Waals surface area contributed by atoms with Gasteiger partial charge in [0, 0.05) is 10.0 Å². The van der Waals surface area contributed by atoms with E-state index in [0.29, 0.717) is 16.2 Å². The second-order valence-electron chi connectivity index (χ2n) is 3.78. The second-order valence-corrected chi connectivity index (χ2v) is 7.00. The van der Waals surface area contributed by atoms with Gasteiger partial charge >= 0.3 is 0 Å². The van der Waals surface area contributed by atoms with Crippen LogP contribution < -0.4 is 0 Å². The van der Waals surface area contributed by atoms with Gasteiger partial charge in [0.05, 0.1) is 14.2 Å². The van der Waals surface area contributed by atoms with Crippen molar-refractivity contribution in [2.75, 3.05) is 0 Å². The fraction of sp³-hybridized carbons (Fsp3) is 0.250. The number of hydrogen-bond acceptors (Lipinski definition) is 3. The van der Waals surface area contributed by atoms with Crippen molar-refractivity contribution in [2.24, 2.45) is 0 Å². The molecule has 90 valence electrons. The molecule has 0 N–H and O–H groups in total. The van der Waals surface area contributed by atoms with E-state index in [1.54, 1.807) is 0 Å². The molecule has 0 saturated heterocycles. The third-order valence-electron chi connectivity index (χ3n) is 2.66. The van der Waals surface area contributed by atoms with Crippen LogP contribution in [0.1, 0.15) is 32.3 Å². The molecule has 0 aromatic carbocycles. The predicted molar refractivity (Wildman–Crippen MR) is 76.1 cm³/mol. The second kappa shape index (κ2) is 4.71. The molecule has 0 aliphatic heterocycles. The summed E-state index contributed by atoms with van der Waals surface area (Å²) in [7, 11) is 0. The zero-order valence-electron chi connectivity index (χ0n) is 9.56. The van der Waals surface area contributed by atoms with Gasteiger partial charge in [-0.15, -0.1) is 11.3 Å². The number of thiophene rings is 1. The van der Waals surface area contributed by atoms with Crippen molar-refractivity contribution in [3.63, 3.8) is 0 Å². The molecule has 2 nitrogen and oxygen atoms in total. The van der Waals surface area contributed by atoms with Gasteiger partial charge in [-0.3, -0.25) is 4.79 Å². The van der Waals surface area contributed by atoms with Gasteiger partial charge in [0.1, 0.15) is 11.5 Å². The maximum atomic E-state index is 12.4. The third-order valence-corrected chi connectivity index (χ3v) is 5.91. The Morgan fingerprint density at radius 3 is 2.29 bits per heavy atom. The molecular formula is C12H10Br2O2S. The van der Waals surface area contributed by atoms with Crippen LogP contribution in [0.5, 0.6) is 0 Å². The van der Waals surface area contributed by atoms with E-state index in [-0.39, 0.29) is 5.78 Å². The fourth-order valence-corrected chi connectivity index (χ4v) is 3.69. The Morgan fingerprint density at radius 1 is 1.24 bits per heavy atom. The molecule has 2 heterocycles. The van der Waals surface area contributed by atoms with Crippen molar-refractivity contribution in [1.82, 2.24) is 0 Å². The summed E-state index contributed by atoms with van der Waals surface area (Å²) in [6.07, 6.45) is 0. The van der Waals surface area contributed by atoms with Gasteiger partial charge in [-0.05, 0) is 58.7 Å². The van der Waals surface area contributed by atoms with Crippen LogP contribution >= 0.6 is 43.2 Å².